The van der Waals surface area contributed by atoms with Gasteiger partial charge in [-0.3, -0.25) is 4.79 Å². The zero-order valence-corrected chi connectivity index (χ0v) is 12.1. The Kier molecular flexibility index (Phi) is 4.22. The predicted molar refractivity (Wildman–Crippen MR) is 74.1 cm³/mol. The van der Waals surface area contributed by atoms with E-state index in [9.17, 15) is 4.79 Å². The SMILES string of the molecule is CC(Br)C(=O)Nc1ccc(OC(C)C2CC2)cn1. The standard InChI is InChI=1S/C13H17BrN2O2/c1-8(14)13(17)16-12-6-5-11(7-15-12)18-9(2)10-3-4-10/h5-10H,3-4H2,1-2H3,(H,15,16,17). The molecule has 2 rings (SSSR count). The van der Waals surface area contributed by atoms with Crippen LogP contribution in [0.2, 0.25) is 0 Å². The molecule has 1 aliphatic carbocycles. The minimum atomic E-state index is -0.231. The maximum absolute atomic E-state index is 11.4. The number of hydrogen-bond acceptors (Lipinski definition) is 3. The van der Waals surface area contributed by atoms with Crippen molar-refractivity contribution in [2.24, 2.45) is 5.92 Å². The van der Waals surface area contributed by atoms with Crippen LogP contribution in [0.25, 0.3) is 0 Å². The van der Waals surface area contributed by atoms with Gasteiger partial charge in [0.25, 0.3) is 0 Å². The van der Waals surface area contributed by atoms with Gasteiger partial charge in [-0.25, -0.2) is 4.98 Å². The van der Waals surface area contributed by atoms with Crippen molar-refractivity contribution in [1.29, 1.82) is 0 Å². The fraction of sp³-hybridized carbons (Fsp3) is 0.538. The molecule has 4 nitrogen and oxygen atoms in total. The Bertz CT molecular complexity index is 416. The highest BCUT2D eigenvalue weighted by Crippen LogP contribution is 2.34. The van der Waals surface area contributed by atoms with Gasteiger partial charge in [0.15, 0.2) is 0 Å². The molecule has 1 N–H and O–H groups in total. The first-order valence-corrected chi connectivity index (χ1v) is 7.05. The Morgan fingerprint density at radius 3 is 2.72 bits per heavy atom. The summed E-state index contributed by atoms with van der Waals surface area (Å²) in [6.07, 6.45) is 4.40. The Labute approximate surface area is 115 Å². The van der Waals surface area contributed by atoms with E-state index in [-0.39, 0.29) is 16.8 Å². The molecule has 1 aliphatic rings. The minimum Gasteiger partial charge on any atom is -0.489 e. The first-order chi connectivity index (χ1) is 8.56. The molecule has 0 spiro atoms. The van der Waals surface area contributed by atoms with Gasteiger partial charge < -0.3 is 10.1 Å². The van der Waals surface area contributed by atoms with E-state index in [4.69, 9.17) is 4.74 Å². The van der Waals surface area contributed by atoms with E-state index in [0.717, 1.165) is 5.75 Å². The van der Waals surface area contributed by atoms with Crippen LogP contribution in [0, 0.1) is 5.92 Å². The lowest BCUT2D eigenvalue weighted by Gasteiger charge is -2.13. The van der Waals surface area contributed by atoms with Gasteiger partial charge in [0.1, 0.15) is 11.6 Å². The molecule has 1 heterocycles. The Morgan fingerprint density at radius 1 is 1.50 bits per heavy atom. The second-order valence-corrected chi connectivity index (χ2v) is 6.02. The predicted octanol–water partition coefficient (Wildman–Crippen LogP) is 2.98. The van der Waals surface area contributed by atoms with Gasteiger partial charge in [-0.15, -0.1) is 0 Å². The number of nitrogens with zero attached hydrogens (tertiary/aromatic N) is 1. The molecule has 0 aromatic carbocycles. The number of hydrogen-bond donors (Lipinski definition) is 1. The van der Waals surface area contributed by atoms with Gasteiger partial charge >= 0.3 is 0 Å². The summed E-state index contributed by atoms with van der Waals surface area (Å²) in [7, 11) is 0. The summed E-state index contributed by atoms with van der Waals surface area (Å²) in [5.41, 5.74) is 0. The first-order valence-electron chi connectivity index (χ1n) is 6.14. The summed E-state index contributed by atoms with van der Waals surface area (Å²) in [6, 6.07) is 3.59. The average molecular weight is 313 g/mol. The molecule has 0 radical (unpaired) electrons. The second kappa shape index (κ2) is 5.69. The van der Waals surface area contributed by atoms with E-state index in [0.29, 0.717) is 11.7 Å². The van der Waals surface area contributed by atoms with Crippen LogP contribution in [0.15, 0.2) is 18.3 Å². The number of alkyl halides is 1. The normalized spacial score (nSPS) is 17.9. The molecular weight excluding hydrogens is 296 g/mol. The van der Waals surface area contributed by atoms with Gasteiger partial charge in [-0.05, 0) is 44.7 Å². The largest absolute Gasteiger partial charge is 0.489 e. The Morgan fingerprint density at radius 2 is 2.22 bits per heavy atom. The van der Waals surface area contributed by atoms with E-state index in [1.807, 2.05) is 6.07 Å². The summed E-state index contributed by atoms with van der Waals surface area (Å²) < 4.78 is 5.76. The molecule has 98 valence electrons. The topological polar surface area (TPSA) is 51.2 Å². The number of anilines is 1. The van der Waals surface area contributed by atoms with Crippen molar-refractivity contribution < 1.29 is 9.53 Å². The Balaban J connectivity index is 1.90. The number of carbonyl (C=O) groups is 1. The number of pyridine rings is 1. The molecule has 0 aliphatic heterocycles. The number of halogens is 1. The lowest BCUT2D eigenvalue weighted by molar-refractivity contribution is -0.115. The molecule has 1 aromatic rings. The summed E-state index contributed by atoms with van der Waals surface area (Å²) in [5.74, 6) is 1.87. The highest BCUT2D eigenvalue weighted by molar-refractivity contribution is 9.10. The zero-order valence-electron chi connectivity index (χ0n) is 10.5. The molecule has 1 aromatic heterocycles. The number of amides is 1. The molecule has 1 fully saturated rings. The third-order valence-corrected chi connectivity index (χ3v) is 3.37. The van der Waals surface area contributed by atoms with E-state index < -0.39 is 0 Å². The first kappa shape index (κ1) is 13.3. The molecule has 18 heavy (non-hydrogen) atoms. The van der Waals surface area contributed by atoms with Crippen LogP contribution in [0.4, 0.5) is 5.82 Å². The van der Waals surface area contributed by atoms with Crippen LogP contribution >= 0.6 is 15.9 Å². The number of rotatable bonds is 5. The quantitative estimate of drug-likeness (QED) is 0.850. The van der Waals surface area contributed by atoms with Crippen molar-refractivity contribution in [3.63, 3.8) is 0 Å². The molecule has 5 heteroatoms. The van der Waals surface area contributed by atoms with Crippen LogP contribution in [0.5, 0.6) is 5.75 Å². The van der Waals surface area contributed by atoms with Crippen LogP contribution < -0.4 is 10.1 Å². The van der Waals surface area contributed by atoms with Crippen molar-refractivity contribution in [2.75, 3.05) is 5.32 Å². The lowest BCUT2D eigenvalue weighted by Crippen LogP contribution is -2.20. The summed E-state index contributed by atoms with van der Waals surface area (Å²) in [4.78, 5) is 15.4. The number of ether oxygens (including phenoxy) is 1. The smallest absolute Gasteiger partial charge is 0.239 e. The van der Waals surface area contributed by atoms with Gasteiger partial charge in [0.05, 0.1) is 17.1 Å². The molecule has 0 bridgehead atoms. The monoisotopic (exact) mass is 312 g/mol. The van der Waals surface area contributed by atoms with Gasteiger partial charge in [-0.2, -0.15) is 0 Å². The van der Waals surface area contributed by atoms with Gasteiger partial charge in [0, 0.05) is 0 Å². The zero-order chi connectivity index (χ0) is 13.1. The van der Waals surface area contributed by atoms with Gasteiger partial charge in [0.2, 0.25) is 5.91 Å². The average Bonchev–Trinajstić information content (AvgIpc) is 3.15. The van der Waals surface area contributed by atoms with E-state index in [2.05, 4.69) is 33.2 Å². The van der Waals surface area contributed by atoms with Crippen molar-refractivity contribution in [1.82, 2.24) is 4.98 Å². The van der Waals surface area contributed by atoms with E-state index >= 15 is 0 Å². The van der Waals surface area contributed by atoms with Gasteiger partial charge in [-0.1, -0.05) is 15.9 Å². The summed E-state index contributed by atoms with van der Waals surface area (Å²) >= 11 is 3.20. The lowest BCUT2D eigenvalue weighted by atomic mass is 10.3. The second-order valence-electron chi connectivity index (χ2n) is 4.64. The van der Waals surface area contributed by atoms with Crippen LogP contribution in [-0.2, 0) is 4.79 Å². The van der Waals surface area contributed by atoms with Crippen molar-refractivity contribution in [2.45, 2.75) is 37.6 Å². The highest BCUT2D eigenvalue weighted by Gasteiger charge is 2.29. The van der Waals surface area contributed by atoms with E-state index in [1.165, 1.54) is 12.8 Å². The number of aromatic nitrogens is 1. The number of carbonyl (C=O) groups excluding carboxylic acids is 1. The third-order valence-electron chi connectivity index (χ3n) is 2.96. The fourth-order valence-corrected chi connectivity index (χ4v) is 1.74. The molecule has 1 saturated carbocycles. The fourth-order valence-electron chi connectivity index (χ4n) is 1.63. The van der Waals surface area contributed by atoms with Crippen molar-refractivity contribution >= 4 is 27.7 Å². The van der Waals surface area contributed by atoms with Crippen molar-refractivity contribution in [3.8, 4) is 5.75 Å². The highest BCUT2D eigenvalue weighted by atomic mass is 79.9. The van der Waals surface area contributed by atoms with Crippen LogP contribution in [0.1, 0.15) is 26.7 Å². The maximum atomic E-state index is 11.4. The van der Waals surface area contributed by atoms with Crippen LogP contribution in [-0.4, -0.2) is 21.8 Å². The molecule has 0 saturated heterocycles. The molecule has 2 unspecified atom stereocenters. The Hall–Kier alpha value is -1.10. The summed E-state index contributed by atoms with van der Waals surface area (Å²) in [6.45, 7) is 3.85. The maximum Gasteiger partial charge on any atom is 0.239 e. The van der Waals surface area contributed by atoms with E-state index in [1.54, 1.807) is 19.2 Å². The molecule has 1 amide bonds. The summed E-state index contributed by atoms with van der Waals surface area (Å²) in [5, 5.41) is 2.70. The minimum absolute atomic E-state index is 0.109. The number of nitrogens with one attached hydrogen (secondary N) is 1. The third kappa shape index (κ3) is 3.70. The van der Waals surface area contributed by atoms with Crippen LogP contribution in [0.3, 0.4) is 0 Å². The molecular formula is C13H17BrN2O2. The van der Waals surface area contributed by atoms with Crippen molar-refractivity contribution in [3.05, 3.63) is 18.3 Å². The molecule has 2 atom stereocenters.